The summed E-state index contributed by atoms with van der Waals surface area (Å²) in [6.45, 7) is 9.90. The van der Waals surface area contributed by atoms with Crippen LogP contribution >= 0.6 is 0 Å². The highest BCUT2D eigenvalue weighted by Crippen LogP contribution is 2.26. The van der Waals surface area contributed by atoms with Crippen LogP contribution in [0.1, 0.15) is 112 Å². The third-order valence-electron chi connectivity index (χ3n) is 6.11. The van der Waals surface area contributed by atoms with Crippen molar-refractivity contribution in [3.05, 3.63) is 0 Å². The van der Waals surface area contributed by atoms with Gasteiger partial charge in [0.25, 0.3) is 0 Å². The van der Waals surface area contributed by atoms with Crippen molar-refractivity contribution >= 4 is 11.9 Å². The Morgan fingerprint density at radius 3 is 1.70 bits per heavy atom. The minimum atomic E-state index is -0.308. The van der Waals surface area contributed by atoms with Gasteiger partial charge in [-0.05, 0) is 78.1 Å². The fraction of sp³-hybridized carbons (Fsp3) is 0.913. The van der Waals surface area contributed by atoms with Gasteiger partial charge in [0.05, 0.1) is 11.3 Å². The SMILES string of the molecule is CCC(C)(C)C(=O)OC1CCCCC1.CCC(C)C(=O)OC1CCCCC1. The molecule has 4 heteroatoms. The van der Waals surface area contributed by atoms with Crippen LogP contribution in [0.5, 0.6) is 0 Å². The van der Waals surface area contributed by atoms with Crippen molar-refractivity contribution < 1.29 is 19.1 Å². The lowest BCUT2D eigenvalue weighted by atomic mass is 9.90. The van der Waals surface area contributed by atoms with Crippen LogP contribution < -0.4 is 0 Å². The number of esters is 2. The van der Waals surface area contributed by atoms with E-state index >= 15 is 0 Å². The smallest absolute Gasteiger partial charge is 0.311 e. The van der Waals surface area contributed by atoms with Crippen molar-refractivity contribution in [3.63, 3.8) is 0 Å². The molecule has 0 bridgehead atoms. The number of ether oxygens (including phenoxy) is 2. The molecule has 0 heterocycles. The summed E-state index contributed by atoms with van der Waals surface area (Å²) >= 11 is 0. The number of hydrogen-bond donors (Lipinski definition) is 0. The van der Waals surface area contributed by atoms with E-state index in [9.17, 15) is 9.59 Å². The lowest BCUT2D eigenvalue weighted by Gasteiger charge is -2.27. The molecule has 4 nitrogen and oxygen atoms in total. The zero-order valence-corrected chi connectivity index (χ0v) is 18.4. The zero-order chi connectivity index (χ0) is 20.3. The summed E-state index contributed by atoms with van der Waals surface area (Å²) in [6.07, 6.45) is 13.9. The van der Waals surface area contributed by atoms with E-state index in [1.165, 1.54) is 38.5 Å². The number of carbonyl (C=O) groups is 2. The van der Waals surface area contributed by atoms with Gasteiger partial charge < -0.3 is 9.47 Å². The zero-order valence-electron chi connectivity index (χ0n) is 18.4. The van der Waals surface area contributed by atoms with Crippen LogP contribution in [-0.2, 0) is 19.1 Å². The van der Waals surface area contributed by atoms with E-state index in [-0.39, 0.29) is 35.5 Å². The topological polar surface area (TPSA) is 52.6 Å². The molecule has 0 spiro atoms. The maximum Gasteiger partial charge on any atom is 0.311 e. The van der Waals surface area contributed by atoms with Gasteiger partial charge in [0.1, 0.15) is 12.2 Å². The maximum absolute atomic E-state index is 11.7. The monoisotopic (exact) mass is 382 g/mol. The molecule has 2 rings (SSSR count). The average Bonchev–Trinajstić information content (AvgIpc) is 2.69. The van der Waals surface area contributed by atoms with Crippen LogP contribution in [0.2, 0.25) is 0 Å². The third-order valence-corrected chi connectivity index (χ3v) is 6.11. The molecule has 0 aliphatic heterocycles. The lowest BCUT2D eigenvalue weighted by molar-refractivity contribution is -0.161. The maximum atomic E-state index is 11.7. The van der Waals surface area contributed by atoms with Gasteiger partial charge in [-0.15, -0.1) is 0 Å². The third kappa shape index (κ3) is 9.12. The van der Waals surface area contributed by atoms with Crippen LogP contribution in [0.15, 0.2) is 0 Å². The van der Waals surface area contributed by atoms with Crippen molar-refractivity contribution in [2.45, 2.75) is 124 Å². The highest BCUT2D eigenvalue weighted by Gasteiger charge is 2.29. The molecule has 0 amide bonds. The number of carbonyl (C=O) groups excluding carboxylic acids is 2. The second kappa shape index (κ2) is 12.4. The van der Waals surface area contributed by atoms with Crippen molar-refractivity contribution in [2.75, 3.05) is 0 Å². The van der Waals surface area contributed by atoms with Crippen LogP contribution in [0.3, 0.4) is 0 Å². The van der Waals surface area contributed by atoms with Gasteiger partial charge >= 0.3 is 11.9 Å². The Morgan fingerprint density at radius 2 is 1.30 bits per heavy atom. The van der Waals surface area contributed by atoms with Crippen molar-refractivity contribution in [2.24, 2.45) is 11.3 Å². The molecule has 0 N–H and O–H groups in total. The summed E-state index contributed by atoms with van der Waals surface area (Å²) < 4.78 is 10.9. The standard InChI is InChI=1S/C12H22O2.C11H20O2/c1-4-12(2,3)11(13)14-10-8-6-5-7-9-10;1-3-9(2)11(12)13-10-7-5-4-6-8-10/h10H,4-9H2,1-3H3;9-10H,3-8H2,1-2H3. The molecule has 2 aliphatic carbocycles. The van der Waals surface area contributed by atoms with Crippen LogP contribution in [0.25, 0.3) is 0 Å². The Bertz CT molecular complexity index is 432. The summed E-state index contributed by atoms with van der Waals surface area (Å²) in [5, 5.41) is 0. The molecule has 1 unspecified atom stereocenters. The molecular weight excluding hydrogens is 340 g/mol. The first kappa shape index (κ1) is 24.0. The first-order valence-corrected chi connectivity index (χ1v) is 11.2. The van der Waals surface area contributed by atoms with Crippen LogP contribution in [0.4, 0.5) is 0 Å². The minimum absolute atomic E-state index is 0.00519. The molecular formula is C23H42O4. The van der Waals surface area contributed by atoms with E-state index in [2.05, 4.69) is 0 Å². The van der Waals surface area contributed by atoms with Gasteiger partial charge in [0, 0.05) is 0 Å². The van der Waals surface area contributed by atoms with Gasteiger partial charge in [-0.2, -0.15) is 0 Å². The minimum Gasteiger partial charge on any atom is -0.462 e. The summed E-state index contributed by atoms with van der Waals surface area (Å²) in [5.41, 5.74) is -0.308. The first-order chi connectivity index (χ1) is 12.8. The molecule has 158 valence electrons. The predicted octanol–water partition coefficient (Wildman–Crippen LogP) is 6.21. The molecule has 27 heavy (non-hydrogen) atoms. The molecule has 2 fully saturated rings. The van der Waals surface area contributed by atoms with Gasteiger partial charge in [-0.25, -0.2) is 0 Å². The van der Waals surface area contributed by atoms with E-state index in [1.807, 2.05) is 34.6 Å². The summed E-state index contributed by atoms with van der Waals surface area (Å²) in [7, 11) is 0. The average molecular weight is 383 g/mol. The van der Waals surface area contributed by atoms with Gasteiger partial charge in [-0.1, -0.05) is 33.6 Å². The summed E-state index contributed by atoms with van der Waals surface area (Å²) in [5.74, 6) is 0.0447. The number of rotatable bonds is 6. The van der Waals surface area contributed by atoms with E-state index in [0.717, 1.165) is 38.5 Å². The Balaban J connectivity index is 0.000000271. The fourth-order valence-corrected chi connectivity index (χ4v) is 3.27. The predicted molar refractivity (Wildman–Crippen MR) is 109 cm³/mol. The van der Waals surface area contributed by atoms with Gasteiger partial charge in [0.15, 0.2) is 0 Å². The van der Waals surface area contributed by atoms with E-state index in [4.69, 9.17) is 9.47 Å². The van der Waals surface area contributed by atoms with Crippen LogP contribution in [-0.4, -0.2) is 24.1 Å². The largest absolute Gasteiger partial charge is 0.462 e. The molecule has 0 aromatic heterocycles. The highest BCUT2D eigenvalue weighted by atomic mass is 16.5. The van der Waals surface area contributed by atoms with Crippen LogP contribution in [0, 0.1) is 11.3 Å². The Labute approximate surface area is 166 Å². The Morgan fingerprint density at radius 1 is 0.852 bits per heavy atom. The van der Waals surface area contributed by atoms with Crippen molar-refractivity contribution in [1.29, 1.82) is 0 Å². The summed E-state index contributed by atoms with van der Waals surface area (Å²) in [4.78, 5) is 23.2. The molecule has 0 radical (unpaired) electrons. The van der Waals surface area contributed by atoms with Gasteiger partial charge in [-0.3, -0.25) is 9.59 Å². The molecule has 1 atom stereocenters. The first-order valence-electron chi connectivity index (χ1n) is 11.2. The lowest BCUT2D eigenvalue weighted by Crippen LogP contribution is -2.31. The molecule has 0 aromatic carbocycles. The fourth-order valence-electron chi connectivity index (χ4n) is 3.27. The van der Waals surface area contributed by atoms with E-state index < -0.39 is 0 Å². The van der Waals surface area contributed by atoms with E-state index in [0.29, 0.717) is 0 Å². The normalized spacial score (nSPS) is 20.2. The van der Waals surface area contributed by atoms with Gasteiger partial charge in [0.2, 0.25) is 0 Å². The second-order valence-corrected chi connectivity index (χ2v) is 8.91. The molecule has 0 saturated heterocycles. The Kier molecular flexibility index (Phi) is 11.0. The number of hydrogen-bond acceptors (Lipinski definition) is 4. The Hall–Kier alpha value is -1.06. The quantitative estimate of drug-likeness (QED) is 0.513. The molecule has 2 saturated carbocycles. The second-order valence-electron chi connectivity index (χ2n) is 8.91. The van der Waals surface area contributed by atoms with Crippen molar-refractivity contribution in [3.8, 4) is 0 Å². The molecule has 0 aromatic rings. The molecule has 2 aliphatic rings. The highest BCUT2D eigenvalue weighted by molar-refractivity contribution is 5.76. The summed E-state index contributed by atoms with van der Waals surface area (Å²) in [6, 6.07) is 0. The van der Waals surface area contributed by atoms with E-state index in [1.54, 1.807) is 0 Å². The van der Waals surface area contributed by atoms with Crippen molar-refractivity contribution in [1.82, 2.24) is 0 Å².